The molecule has 3 rings (SSSR count). The molecule has 1 aromatic rings. The Labute approximate surface area is 112 Å². The first-order chi connectivity index (χ1) is 9.22. The Kier molecular flexibility index (Phi) is 3.38. The maximum atomic E-state index is 13.2. The lowest BCUT2D eigenvalue weighted by Gasteiger charge is -2.19. The van der Waals surface area contributed by atoms with Gasteiger partial charge in [0, 0.05) is 19.1 Å². The van der Waals surface area contributed by atoms with Gasteiger partial charge < -0.3 is 15.5 Å². The summed E-state index contributed by atoms with van der Waals surface area (Å²) in [5.41, 5.74) is 0.829. The molecule has 0 bridgehead atoms. The minimum Gasteiger partial charge on any atom is -0.329 e. The van der Waals surface area contributed by atoms with Crippen LogP contribution in [0.4, 0.5) is 9.18 Å². The molecule has 2 heterocycles. The minimum atomic E-state index is -0.261. The number of nitrogens with one attached hydrogen (secondary N) is 2. The van der Waals surface area contributed by atoms with E-state index in [1.54, 1.807) is 6.07 Å². The van der Waals surface area contributed by atoms with E-state index in [0.717, 1.165) is 25.1 Å². The number of carbonyl (C=O) groups excluding carboxylic acids is 1. The molecule has 102 valence electrons. The van der Waals surface area contributed by atoms with Gasteiger partial charge in [-0.05, 0) is 37.1 Å². The molecular weight excluding hydrogens is 245 g/mol. The number of nitrogens with zero attached hydrogens (tertiary/aromatic N) is 1. The molecule has 2 fully saturated rings. The van der Waals surface area contributed by atoms with Crippen molar-refractivity contribution in [3.63, 3.8) is 0 Å². The molecule has 2 saturated heterocycles. The highest BCUT2D eigenvalue weighted by molar-refractivity contribution is 5.77. The zero-order valence-electron chi connectivity index (χ0n) is 10.7. The van der Waals surface area contributed by atoms with E-state index in [4.69, 9.17) is 0 Å². The van der Waals surface area contributed by atoms with Crippen LogP contribution in [-0.4, -0.2) is 36.6 Å². The third kappa shape index (κ3) is 2.71. The number of amides is 2. The van der Waals surface area contributed by atoms with E-state index in [9.17, 15) is 9.18 Å². The molecule has 2 aliphatic heterocycles. The van der Waals surface area contributed by atoms with Crippen molar-refractivity contribution >= 4 is 6.03 Å². The van der Waals surface area contributed by atoms with Crippen LogP contribution >= 0.6 is 0 Å². The van der Waals surface area contributed by atoms with Crippen molar-refractivity contribution in [1.29, 1.82) is 0 Å². The molecule has 2 unspecified atom stereocenters. The summed E-state index contributed by atoms with van der Waals surface area (Å²) < 4.78 is 13.2. The van der Waals surface area contributed by atoms with Gasteiger partial charge in [-0.1, -0.05) is 12.1 Å². The van der Waals surface area contributed by atoms with Crippen molar-refractivity contribution in [3.05, 3.63) is 35.6 Å². The standard InChI is InChI=1S/C14H18FN3O/c15-11-4-1-3-10(7-11)13-9-18(14(19)17-13)8-12-5-2-6-16-12/h1,3-4,7,12-13,16H,2,5-6,8-9H2,(H,17,19). The van der Waals surface area contributed by atoms with E-state index < -0.39 is 0 Å². The Hall–Kier alpha value is -1.62. The average Bonchev–Trinajstić information content (AvgIpc) is 3.01. The summed E-state index contributed by atoms with van der Waals surface area (Å²) in [6, 6.07) is 6.68. The van der Waals surface area contributed by atoms with Gasteiger partial charge in [0.1, 0.15) is 5.82 Å². The van der Waals surface area contributed by atoms with Crippen molar-refractivity contribution in [1.82, 2.24) is 15.5 Å². The van der Waals surface area contributed by atoms with Gasteiger partial charge in [-0.15, -0.1) is 0 Å². The molecule has 0 aliphatic carbocycles. The summed E-state index contributed by atoms with van der Waals surface area (Å²) in [5, 5.41) is 6.30. The monoisotopic (exact) mass is 263 g/mol. The predicted octanol–water partition coefficient (Wildman–Crippen LogP) is 1.64. The van der Waals surface area contributed by atoms with E-state index in [2.05, 4.69) is 10.6 Å². The number of benzene rings is 1. The van der Waals surface area contributed by atoms with Crippen molar-refractivity contribution < 1.29 is 9.18 Å². The second-order valence-corrected chi connectivity index (χ2v) is 5.26. The van der Waals surface area contributed by atoms with Gasteiger partial charge in [0.05, 0.1) is 6.04 Å². The zero-order valence-corrected chi connectivity index (χ0v) is 10.7. The largest absolute Gasteiger partial charge is 0.329 e. The Balaban J connectivity index is 1.65. The Bertz CT molecular complexity index is 474. The highest BCUT2D eigenvalue weighted by atomic mass is 19.1. The van der Waals surface area contributed by atoms with Gasteiger partial charge in [0.25, 0.3) is 0 Å². The molecule has 2 amide bonds. The Morgan fingerprint density at radius 3 is 3.05 bits per heavy atom. The van der Waals surface area contributed by atoms with Crippen molar-refractivity contribution in [2.75, 3.05) is 19.6 Å². The van der Waals surface area contributed by atoms with Crippen LogP contribution in [0.25, 0.3) is 0 Å². The summed E-state index contributed by atoms with van der Waals surface area (Å²) in [6.07, 6.45) is 2.29. The Morgan fingerprint density at radius 2 is 2.32 bits per heavy atom. The van der Waals surface area contributed by atoms with Crippen LogP contribution in [0, 0.1) is 5.82 Å². The van der Waals surface area contributed by atoms with Gasteiger partial charge in [-0.3, -0.25) is 0 Å². The molecule has 0 saturated carbocycles. The minimum absolute atomic E-state index is 0.0528. The van der Waals surface area contributed by atoms with Crippen LogP contribution < -0.4 is 10.6 Å². The van der Waals surface area contributed by atoms with Gasteiger partial charge >= 0.3 is 6.03 Å². The highest BCUT2D eigenvalue weighted by Gasteiger charge is 2.31. The molecule has 2 N–H and O–H groups in total. The van der Waals surface area contributed by atoms with Crippen LogP contribution in [0.1, 0.15) is 24.4 Å². The van der Waals surface area contributed by atoms with E-state index in [-0.39, 0.29) is 17.9 Å². The lowest BCUT2D eigenvalue weighted by atomic mass is 10.1. The van der Waals surface area contributed by atoms with E-state index >= 15 is 0 Å². The molecule has 5 heteroatoms. The number of urea groups is 1. The maximum absolute atomic E-state index is 13.2. The number of hydrogen-bond acceptors (Lipinski definition) is 2. The quantitative estimate of drug-likeness (QED) is 0.871. The number of halogens is 1. The number of rotatable bonds is 3. The smallest absolute Gasteiger partial charge is 0.318 e. The SMILES string of the molecule is O=C1NC(c2cccc(F)c2)CN1CC1CCCN1. The first kappa shape index (κ1) is 12.4. The molecule has 1 aromatic carbocycles. The van der Waals surface area contributed by atoms with E-state index in [0.29, 0.717) is 12.6 Å². The summed E-state index contributed by atoms with van der Waals surface area (Å²) >= 11 is 0. The topological polar surface area (TPSA) is 44.4 Å². The van der Waals surface area contributed by atoms with Crippen molar-refractivity contribution in [3.8, 4) is 0 Å². The summed E-state index contributed by atoms with van der Waals surface area (Å²) in [5.74, 6) is -0.261. The average molecular weight is 263 g/mol. The van der Waals surface area contributed by atoms with Gasteiger partial charge in [-0.25, -0.2) is 9.18 Å². The number of carbonyl (C=O) groups is 1. The fraction of sp³-hybridized carbons (Fsp3) is 0.500. The maximum Gasteiger partial charge on any atom is 0.318 e. The lowest BCUT2D eigenvalue weighted by molar-refractivity contribution is 0.213. The van der Waals surface area contributed by atoms with Crippen molar-refractivity contribution in [2.45, 2.75) is 24.9 Å². The molecule has 0 aromatic heterocycles. The van der Waals surface area contributed by atoms with Crippen LogP contribution in [0.5, 0.6) is 0 Å². The fourth-order valence-electron chi connectivity index (χ4n) is 2.84. The molecule has 4 nitrogen and oxygen atoms in total. The highest BCUT2D eigenvalue weighted by Crippen LogP contribution is 2.21. The molecule has 19 heavy (non-hydrogen) atoms. The lowest BCUT2D eigenvalue weighted by Crippen LogP contribution is -2.39. The second-order valence-electron chi connectivity index (χ2n) is 5.26. The van der Waals surface area contributed by atoms with Crippen molar-refractivity contribution in [2.24, 2.45) is 0 Å². The normalized spacial score (nSPS) is 26.8. The number of hydrogen-bond donors (Lipinski definition) is 2. The van der Waals surface area contributed by atoms with Crippen LogP contribution in [0.15, 0.2) is 24.3 Å². The van der Waals surface area contributed by atoms with Crippen LogP contribution in [0.3, 0.4) is 0 Å². The van der Waals surface area contributed by atoms with Gasteiger partial charge in [0.15, 0.2) is 0 Å². The molecule has 0 spiro atoms. The Morgan fingerprint density at radius 1 is 1.42 bits per heavy atom. The first-order valence-electron chi connectivity index (χ1n) is 6.76. The van der Waals surface area contributed by atoms with E-state index in [1.165, 1.54) is 18.6 Å². The summed E-state index contributed by atoms with van der Waals surface area (Å²) in [4.78, 5) is 13.7. The molecule has 2 atom stereocenters. The molecular formula is C14H18FN3O. The molecule has 2 aliphatic rings. The van der Waals surface area contributed by atoms with Crippen LogP contribution in [-0.2, 0) is 0 Å². The predicted molar refractivity (Wildman–Crippen MR) is 70.3 cm³/mol. The van der Waals surface area contributed by atoms with Crippen LogP contribution in [0.2, 0.25) is 0 Å². The summed E-state index contributed by atoms with van der Waals surface area (Å²) in [6.45, 7) is 2.38. The van der Waals surface area contributed by atoms with Gasteiger partial charge in [-0.2, -0.15) is 0 Å². The second kappa shape index (κ2) is 5.17. The molecule has 0 radical (unpaired) electrons. The van der Waals surface area contributed by atoms with Gasteiger partial charge in [0.2, 0.25) is 0 Å². The third-order valence-electron chi connectivity index (χ3n) is 3.84. The fourth-order valence-corrected chi connectivity index (χ4v) is 2.84. The zero-order chi connectivity index (χ0) is 13.2. The third-order valence-corrected chi connectivity index (χ3v) is 3.84. The summed E-state index contributed by atoms with van der Waals surface area (Å²) in [7, 11) is 0. The van der Waals surface area contributed by atoms with E-state index in [1.807, 2.05) is 11.0 Å². The first-order valence-corrected chi connectivity index (χ1v) is 6.76.